The summed E-state index contributed by atoms with van der Waals surface area (Å²) in [5.41, 5.74) is 6.26. The van der Waals surface area contributed by atoms with Crippen LogP contribution in [0.3, 0.4) is 0 Å². The number of carbonyl (C=O) groups excluding carboxylic acids is 1. The van der Waals surface area contributed by atoms with E-state index < -0.39 is 0 Å². The molecule has 19 heavy (non-hydrogen) atoms. The Labute approximate surface area is 113 Å². The molecule has 2 rings (SSSR count). The number of phenols is 1. The molecule has 1 fully saturated rings. The van der Waals surface area contributed by atoms with Crippen LogP contribution in [0.25, 0.3) is 0 Å². The molecule has 5 heteroatoms. The lowest BCUT2D eigenvalue weighted by Gasteiger charge is -2.35. The molecule has 0 spiro atoms. The lowest BCUT2D eigenvalue weighted by Crippen LogP contribution is -2.49. The lowest BCUT2D eigenvalue weighted by molar-refractivity contribution is 0.0669. The number of carbonyl (C=O) groups is 1. The molecule has 1 aromatic carbocycles. The lowest BCUT2D eigenvalue weighted by atomic mass is 9.94. The number of phenolic OH excluding ortho intramolecular Hbond substituents is 1. The van der Waals surface area contributed by atoms with E-state index >= 15 is 0 Å². The summed E-state index contributed by atoms with van der Waals surface area (Å²) in [4.78, 5) is 14.1. The van der Waals surface area contributed by atoms with E-state index in [1.807, 2.05) is 0 Å². The van der Waals surface area contributed by atoms with Crippen LogP contribution < -0.4 is 10.5 Å². The molecule has 0 radical (unpaired) electrons. The predicted molar refractivity (Wildman–Crippen MR) is 72.3 cm³/mol. The number of piperidine rings is 1. The molecule has 104 valence electrons. The van der Waals surface area contributed by atoms with Crippen molar-refractivity contribution in [3.63, 3.8) is 0 Å². The monoisotopic (exact) mass is 264 g/mol. The molecular formula is C14H20N2O3. The van der Waals surface area contributed by atoms with Crippen LogP contribution in [0.4, 0.5) is 0 Å². The maximum absolute atomic E-state index is 12.4. The third-order valence-corrected chi connectivity index (χ3v) is 3.75. The zero-order valence-electron chi connectivity index (χ0n) is 11.3. The molecular weight excluding hydrogens is 244 g/mol. The van der Waals surface area contributed by atoms with Crippen molar-refractivity contribution in [2.75, 3.05) is 20.2 Å². The first-order chi connectivity index (χ1) is 9.04. The van der Waals surface area contributed by atoms with Gasteiger partial charge in [0.25, 0.3) is 5.91 Å². The van der Waals surface area contributed by atoms with Gasteiger partial charge in [-0.3, -0.25) is 4.79 Å². The molecule has 0 aliphatic carbocycles. The average molecular weight is 264 g/mol. The normalized spacial score (nSPS) is 23.2. The van der Waals surface area contributed by atoms with Gasteiger partial charge in [0.1, 0.15) is 0 Å². The Balaban J connectivity index is 2.20. The number of amides is 1. The fourth-order valence-electron chi connectivity index (χ4n) is 2.31. The van der Waals surface area contributed by atoms with Crippen molar-refractivity contribution in [2.45, 2.75) is 19.4 Å². The van der Waals surface area contributed by atoms with E-state index in [0.717, 1.165) is 6.42 Å². The highest BCUT2D eigenvalue weighted by Crippen LogP contribution is 2.31. The predicted octanol–water partition coefficient (Wildman–Crippen LogP) is 1.21. The highest BCUT2D eigenvalue weighted by molar-refractivity contribution is 5.97. The van der Waals surface area contributed by atoms with E-state index in [4.69, 9.17) is 10.5 Å². The zero-order valence-corrected chi connectivity index (χ0v) is 11.3. The van der Waals surface area contributed by atoms with Crippen molar-refractivity contribution in [1.82, 2.24) is 4.90 Å². The van der Waals surface area contributed by atoms with Crippen molar-refractivity contribution in [1.29, 1.82) is 0 Å². The van der Waals surface area contributed by atoms with Crippen LogP contribution in [-0.2, 0) is 0 Å². The molecule has 5 nitrogen and oxygen atoms in total. The van der Waals surface area contributed by atoms with Crippen LogP contribution in [0, 0.1) is 5.92 Å². The van der Waals surface area contributed by atoms with E-state index in [0.29, 0.717) is 24.8 Å². The van der Waals surface area contributed by atoms with Gasteiger partial charge in [0.2, 0.25) is 0 Å². The second kappa shape index (κ2) is 5.48. The minimum Gasteiger partial charge on any atom is -0.504 e. The summed E-state index contributed by atoms with van der Waals surface area (Å²) in [5.74, 6) is 0.421. The van der Waals surface area contributed by atoms with Crippen molar-refractivity contribution in [3.05, 3.63) is 23.8 Å². The Kier molecular flexibility index (Phi) is 3.95. The fraction of sp³-hybridized carbons (Fsp3) is 0.500. The zero-order chi connectivity index (χ0) is 14.0. The van der Waals surface area contributed by atoms with Gasteiger partial charge in [0.05, 0.1) is 12.7 Å². The number of methoxy groups -OCH3 is 1. The minimum absolute atomic E-state index is 0.00884. The second-order valence-electron chi connectivity index (χ2n) is 5.04. The standard InChI is InChI=1S/C14H20N2O3/c1-9-6-7-16(8-11(9)15)14(18)10-4-3-5-12(19-2)13(10)17/h3-5,9,11,17H,6-8,15H2,1-2H3. The van der Waals surface area contributed by atoms with E-state index in [9.17, 15) is 9.90 Å². The Hall–Kier alpha value is -1.75. The van der Waals surface area contributed by atoms with Crippen molar-refractivity contribution in [3.8, 4) is 11.5 Å². The van der Waals surface area contributed by atoms with Crippen molar-refractivity contribution >= 4 is 5.91 Å². The van der Waals surface area contributed by atoms with Gasteiger partial charge in [-0.1, -0.05) is 13.0 Å². The molecule has 1 heterocycles. The minimum atomic E-state index is -0.196. The quantitative estimate of drug-likeness (QED) is 0.842. The summed E-state index contributed by atoms with van der Waals surface area (Å²) >= 11 is 0. The van der Waals surface area contributed by atoms with Gasteiger partial charge in [-0.25, -0.2) is 0 Å². The number of likely N-dealkylation sites (tertiary alicyclic amines) is 1. The van der Waals surface area contributed by atoms with Gasteiger partial charge in [-0.05, 0) is 24.5 Å². The SMILES string of the molecule is COc1cccc(C(=O)N2CCC(C)C(N)C2)c1O. The van der Waals surface area contributed by atoms with Crippen LogP contribution >= 0.6 is 0 Å². The fourth-order valence-corrected chi connectivity index (χ4v) is 2.31. The molecule has 1 saturated heterocycles. The molecule has 3 N–H and O–H groups in total. The Morgan fingerprint density at radius 2 is 2.26 bits per heavy atom. The van der Waals surface area contributed by atoms with Gasteiger partial charge in [-0.15, -0.1) is 0 Å². The van der Waals surface area contributed by atoms with Crippen molar-refractivity contribution < 1.29 is 14.6 Å². The molecule has 1 aromatic rings. The van der Waals surface area contributed by atoms with Gasteiger partial charge < -0.3 is 20.5 Å². The summed E-state index contributed by atoms with van der Waals surface area (Å²) in [7, 11) is 1.46. The number of ether oxygens (including phenoxy) is 1. The molecule has 1 aliphatic heterocycles. The Morgan fingerprint density at radius 3 is 2.89 bits per heavy atom. The number of nitrogens with two attached hydrogens (primary N) is 1. The third-order valence-electron chi connectivity index (χ3n) is 3.75. The van der Waals surface area contributed by atoms with Crippen LogP contribution in [0.15, 0.2) is 18.2 Å². The van der Waals surface area contributed by atoms with E-state index in [-0.39, 0.29) is 23.3 Å². The Bertz CT molecular complexity index is 476. The Morgan fingerprint density at radius 1 is 1.53 bits per heavy atom. The highest BCUT2D eigenvalue weighted by Gasteiger charge is 2.28. The summed E-state index contributed by atoms with van der Waals surface area (Å²) in [6.07, 6.45) is 0.887. The number of hydrogen-bond acceptors (Lipinski definition) is 4. The maximum Gasteiger partial charge on any atom is 0.257 e. The van der Waals surface area contributed by atoms with E-state index in [1.165, 1.54) is 7.11 Å². The molecule has 0 saturated carbocycles. The molecule has 1 aliphatic rings. The van der Waals surface area contributed by atoms with E-state index in [2.05, 4.69) is 6.92 Å². The number of benzene rings is 1. The number of hydrogen-bond donors (Lipinski definition) is 2. The molecule has 0 aromatic heterocycles. The second-order valence-corrected chi connectivity index (χ2v) is 5.04. The maximum atomic E-state index is 12.4. The number of aromatic hydroxyl groups is 1. The van der Waals surface area contributed by atoms with Crippen LogP contribution in [0.5, 0.6) is 11.5 Å². The summed E-state index contributed by atoms with van der Waals surface area (Å²) in [5, 5.41) is 10.0. The number of para-hydroxylation sites is 1. The van der Waals surface area contributed by atoms with Gasteiger partial charge in [0.15, 0.2) is 11.5 Å². The number of nitrogens with zero attached hydrogens (tertiary/aromatic N) is 1. The summed E-state index contributed by atoms with van der Waals surface area (Å²) in [6, 6.07) is 4.91. The smallest absolute Gasteiger partial charge is 0.257 e. The third kappa shape index (κ3) is 2.66. The van der Waals surface area contributed by atoms with Gasteiger partial charge in [0, 0.05) is 19.1 Å². The van der Waals surface area contributed by atoms with Gasteiger partial charge >= 0.3 is 0 Å². The molecule has 2 unspecified atom stereocenters. The molecule has 2 atom stereocenters. The van der Waals surface area contributed by atoms with Crippen LogP contribution in [0.1, 0.15) is 23.7 Å². The first-order valence-corrected chi connectivity index (χ1v) is 6.45. The molecule has 0 bridgehead atoms. The molecule has 1 amide bonds. The first-order valence-electron chi connectivity index (χ1n) is 6.45. The summed E-state index contributed by atoms with van der Waals surface area (Å²) < 4.78 is 5.02. The number of rotatable bonds is 2. The topological polar surface area (TPSA) is 75.8 Å². The largest absolute Gasteiger partial charge is 0.504 e. The van der Waals surface area contributed by atoms with Crippen molar-refractivity contribution in [2.24, 2.45) is 11.7 Å². The van der Waals surface area contributed by atoms with Crippen LogP contribution in [-0.4, -0.2) is 42.2 Å². The van der Waals surface area contributed by atoms with Crippen LogP contribution in [0.2, 0.25) is 0 Å². The highest BCUT2D eigenvalue weighted by atomic mass is 16.5. The van der Waals surface area contributed by atoms with Gasteiger partial charge in [-0.2, -0.15) is 0 Å². The average Bonchev–Trinajstić information content (AvgIpc) is 2.41. The first kappa shape index (κ1) is 13.7. The summed E-state index contributed by atoms with van der Waals surface area (Å²) in [6.45, 7) is 3.29. The van der Waals surface area contributed by atoms with E-state index in [1.54, 1.807) is 23.1 Å².